The fourth-order valence-electron chi connectivity index (χ4n) is 3.32. The third-order valence-corrected chi connectivity index (χ3v) is 4.93. The van der Waals surface area contributed by atoms with Gasteiger partial charge in [0.2, 0.25) is 5.91 Å². The largest absolute Gasteiger partial charge is 0.341 e. The Kier molecular flexibility index (Phi) is 5.32. The number of hydrogen-bond acceptors (Lipinski definition) is 4. The first-order valence-electron chi connectivity index (χ1n) is 9.26. The molecule has 3 rings (SSSR count). The predicted molar refractivity (Wildman–Crippen MR) is 108 cm³/mol. The normalized spacial score (nSPS) is 11.5. The van der Waals surface area contributed by atoms with Crippen molar-refractivity contribution in [1.29, 1.82) is 0 Å². The van der Waals surface area contributed by atoms with E-state index in [2.05, 4.69) is 46.4 Å². The maximum atomic E-state index is 12.5. The second-order valence-electron chi connectivity index (χ2n) is 7.22. The van der Waals surface area contributed by atoms with Crippen molar-refractivity contribution in [3.63, 3.8) is 0 Å². The Balaban J connectivity index is 1.64. The van der Waals surface area contributed by atoms with Crippen LogP contribution in [0.5, 0.6) is 0 Å². The van der Waals surface area contributed by atoms with Gasteiger partial charge in [0, 0.05) is 6.54 Å². The fraction of sp³-hybridized carbons (Fsp3) is 0.450. The summed E-state index contributed by atoms with van der Waals surface area (Å²) in [7, 11) is 1.92. The van der Waals surface area contributed by atoms with Crippen molar-refractivity contribution in [2.75, 3.05) is 18.9 Å². The van der Waals surface area contributed by atoms with Crippen LogP contribution in [-0.2, 0) is 17.9 Å². The fourth-order valence-corrected chi connectivity index (χ4v) is 3.32. The van der Waals surface area contributed by atoms with E-state index < -0.39 is 0 Å². The number of aromatic nitrogens is 4. The lowest BCUT2D eigenvalue weighted by atomic mass is 10.1. The Morgan fingerprint density at radius 1 is 1.22 bits per heavy atom. The summed E-state index contributed by atoms with van der Waals surface area (Å²) < 4.78 is 1.90. The van der Waals surface area contributed by atoms with E-state index in [1.165, 1.54) is 11.1 Å². The van der Waals surface area contributed by atoms with Gasteiger partial charge in [-0.1, -0.05) is 0 Å². The van der Waals surface area contributed by atoms with Crippen LogP contribution in [0.1, 0.15) is 35.3 Å². The number of aromatic amines is 1. The minimum Gasteiger partial charge on any atom is -0.341 e. The predicted octanol–water partition coefficient (Wildman–Crippen LogP) is 3.08. The van der Waals surface area contributed by atoms with Crippen LogP contribution in [0.3, 0.4) is 0 Å². The van der Waals surface area contributed by atoms with E-state index >= 15 is 0 Å². The van der Waals surface area contributed by atoms with Crippen LogP contribution < -0.4 is 5.32 Å². The topological polar surface area (TPSA) is 78.8 Å². The van der Waals surface area contributed by atoms with Gasteiger partial charge < -0.3 is 10.3 Å². The molecule has 7 heteroatoms. The smallest absolute Gasteiger partial charge is 0.238 e. The average Bonchev–Trinajstić information content (AvgIpc) is 3.09. The molecule has 2 heterocycles. The van der Waals surface area contributed by atoms with Crippen LogP contribution in [0.2, 0.25) is 0 Å². The molecule has 0 aliphatic rings. The number of aryl methyl sites for hydroxylation is 4. The van der Waals surface area contributed by atoms with Crippen molar-refractivity contribution in [3.8, 4) is 0 Å². The van der Waals surface area contributed by atoms with Crippen molar-refractivity contribution < 1.29 is 4.79 Å². The number of imidazole rings is 1. The van der Waals surface area contributed by atoms with E-state index in [1.807, 2.05) is 37.4 Å². The van der Waals surface area contributed by atoms with Gasteiger partial charge in [-0.2, -0.15) is 5.10 Å². The summed E-state index contributed by atoms with van der Waals surface area (Å²) in [6.07, 6.45) is 0. The number of nitrogens with zero attached hydrogens (tertiary/aromatic N) is 4. The highest BCUT2D eigenvalue weighted by atomic mass is 16.2. The van der Waals surface area contributed by atoms with E-state index in [4.69, 9.17) is 0 Å². The lowest BCUT2D eigenvalue weighted by Gasteiger charge is -2.15. The first-order valence-corrected chi connectivity index (χ1v) is 9.26. The number of nitrogens with one attached hydrogen (secondary N) is 2. The Morgan fingerprint density at radius 3 is 2.59 bits per heavy atom. The van der Waals surface area contributed by atoms with Gasteiger partial charge in [-0.15, -0.1) is 0 Å². The molecule has 0 saturated heterocycles. The van der Waals surface area contributed by atoms with Crippen molar-refractivity contribution in [2.24, 2.45) is 0 Å². The SMILES string of the molecule is CCn1nc(C)c(NC(=O)CN(C)Cc2nc3cc(C)c(C)cc3[nH]2)c1C. The van der Waals surface area contributed by atoms with Gasteiger partial charge in [0.15, 0.2) is 0 Å². The summed E-state index contributed by atoms with van der Waals surface area (Å²) in [5.74, 6) is 0.804. The van der Waals surface area contributed by atoms with Crippen molar-refractivity contribution in [2.45, 2.75) is 47.7 Å². The van der Waals surface area contributed by atoms with Gasteiger partial charge >= 0.3 is 0 Å². The molecule has 7 nitrogen and oxygen atoms in total. The molecule has 27 heavy (non-hydrogen) atoms. The van der Waals surface area contributed by atoms with E-state index in [0.29, 0.717) is 6.54 Å². The molecule has 0 aliphatic carbocycles. The molecule has 0 fully saturated rings. The van der Waals surface area contributed by atoms with Crippen LogP contribution in [0.15, 0.2) is 12.1 Å². The minimum atomic E-state index is -0.0536. The molecule has 1 amide bonds. The molecule has 2 aromatic heterocycles. The maximum Gasteiger partial charge on any atom is 0.238 e. The molecular formula is C20H28N6O. The molecule has 144 valence electrons. The molecule has 0 spiro atoms. The second-order valence-corrected chi connectivity index (χ2v) is 7.22. The summed E-state index contributed by atoms with van der Waals surface area (Å²) in [4.78, 5) is 22.4. The first-order chi connectivity index (χ1) is 12.8. The van der Waals surface area contributed by atoms with Crippen LogP contribution in [0.25, 0.3) is 11.0 Å². The Bertz CT molecular complexity index is 945. The molecule has 0 unspecified atom stereocenters. The molecule has 1 aromatic carbocycles. The highest BCUT2D eigenvalue weighted by Gasteiger charge is 2.15. The first kappa shape index (κ1) is 19.1. The summed E-state index contributed by atoms with van der Waals surface area (Å²) in [6.45, 7) is 11.7. The molecule has 0 aliphatic heterocycles. The molecular weight excluding hydrogens is 340 g/mol. The lowest BCUT2D eigenvalue weighted by molar-refractivity contribution is -0.117. The summed E-state index contributed by atoms with van der Waals surface area (Å²) in [5, 5.41) is 7.44. The molecule has 0 bridgehead atoms. The average molecular weight is 368 g/mol. The van der Waals surface area contributed by atoms with Gasteiger partial charge in [-0.3, -0.25) is 14.4 Å². The number of carbonyl (C=O) groups is 1. The lowest BCUT2D eigenvalue weighted by Crippen LogP contribution is -2.30. The Hall–Kier alpha value is -2.67. The third kappa shape index (κ3) is 4.03. The number of likely N-dealkylation sites (N-methyl/N-ethyl adjacent to an activating group) is 1. The van der Waals surface area contributed by atoms with E-state index in [0.717, 1.165) is 40.5 Å². The van der Waals surface area contributed by atoms with E-state index in [1.54, 1.807) is 0 Å². The monoisotopic (exact) mass is 368 g/mol. The molecule has 0 atom stereocenters. The van der Waals surface area contributed by atoms with Gasteiger partial charge in [-0.25, -0.2) is 4.98 Å². The quantitative estimate of drug-likeness (QED) is 0.701. The van der Waals surface area contributed by atoms with Crippen LogP contribution >= 0.6 is 0 Å². The number of carbonyl (C=O) groups excluding carboxylic acids is 1. The number of fused-ring (bicyclic) bond motifs is 1. The number of rotatable bonds is 6. The van der Waals surface area contributed by atoms with Gasteiger partial charge in [0.1, 0.15) is 5.82 Å². The van der Waals surface area contributed by atoms with Gasteiger partial charge in [0.25, 0.3) is 0 Å². The van der Waals surface area contributed by atoms with Crippen molar-refractivity contribution in [1.82, 2.24) is 24.6 Å². The van der Waals surface area contributed by atoms with E-state index in [9.17, 15) is 4.79 Å². The minimum absolute atomic E-state index is 0.0536. The summed E-state index contributed by atoms with van der Waals surface area (Å²) in [5.41, 5.74) is 7.09. The highest BCUT2D eigenvalue weighted by molar-refractivity contribution is 5.93. The van der Waals surface area contributed by atoms with Crippen LogP contribution in [0, 0.1) is 27.7 Å². The van der Waals surface area contributed by atoms with Gasteiger partial charge in [-0.05, 0) is 64.9 Å². The van der Waals surface area contributed by atoms with E-state index in [-0.39, 0.29) is 12.5 Å². The standard InChI is InChI=1S/C20H28N6O/c1-7-26-15(5)20(14(4)24-26)23-19(27)11-25(6)10-18-21-16-8-12(2)13(3)9-17(16)22-18/h8-9H,7,10-11H2,1-6H3,(H,21,22)(H,23,27). The number of anilines is 1. The third-order valence-electron chi connectivity index (χ3n) is 4.93. The second kappa shape index (κ2) is 7.52. The Morgan fingerprint density at radius 2 is 1.93 bits per heavy atom. The van der Waals surface area contributed by atoms with Crippen LogP contribution in [-0.4, -0.2) is 44.1 Å². The molecule has 2 N–H and O–H groups in total. The number of hydrogen-bond donors (Lipinski definition) is 2. The molecule has 0 radical (unpaired) electrons. The summed E-state index contributed by atoms with van der Waals surface area (Å²) >= 11 is 0. The maximum absolute atomic E-state index is 12.5. The number of benzene rings is 1. The number of H-pyrrole nitrogens is 1. The Labute approximate surface area is 159 Å². The molecule has 3 aromatic rings. The highest BCUT2D eigenvalue weighted by Crippen LogP contribution is 2.20. The zero-order valence-corrected chi connectivity index (χ0v) is 17.0. The van der Waals surface area contributed by atoms with Crippen LogP contribution in [0.4, 0.5) is 5.69 Å². The number of amides is 1. The zero-order valence-electron chi connectivity index (χ0n) is 17.0. The van der Waals surface area contributed by atoms with Crippen molar-refractivity contribution in [3.05, 3.63) is 40.5 Å². The zero-order chi connectivity index (χ0) is 19.7. The summed E-state index contributed by atoms with van der Waals surface area (Å²) in [6, 6.07) is 4.21. The van der Waals surface area contributed by atoms with Crippen molar-refractivity contribution >= 4 is 22.6 Å². The van der Waals surface area contributed by atoms with Gasteiger partial charge in [0.05, 0.1) is 41.2 Å². The molecule has 0 saturated carbocycles.